The first-order chi connectivity index (χ1) is 18.4. The van der Waals surface area contributed by atoms with Gasteiger partial charge in [0.05, 0.1) is 0 Å². The number of amides is 2. The van der Waals surface area contributed by atoms with E-state index in [9.17, 15) is 9.59 Å². The molecule has 1 heterocycles. The number of nitrogens with zero attached hydrogens (tertiary/aromatic N) is 2. The summed E-state index contributed by atoms with van der Waals surface area (Å²) in [7, 11) is 0. The van der Waals surface area contributed by atoms with E-state index < -0.39 is 0 Å². The van der Waals surface area contributed by atoms with E-state index in [-0.39, 0.29) is 17.9 Å². The van der Waals surface area contributed by atoms with Gasteiger partial charge in [-0.1, -0.05) is 69.0 Å². The second-order valence-electron chi connectivity index (χ2n) is 10.5. The number of carbonyl (C=O) groups excluding carboxylic acids is 2. The molecular weight excluding hydrogens is 470 g/mol. The van der Waals surface area contributed by atoms with Gasteiger partial charge < -0.3 is 15.1 Å². The Bertz CT molecular complexity index is 1200. The summed E-state index contributed by atoms with van der Waals surface area (Å²) in [5, 5.41) is 2.93. The van der Waals surface area contributed by atoms with Crippen LogP contribution in [0.2, 0.25) is 0 Å². The minimum Gasteiger partial charge on any atom is -0.331 e. The zero-order chi connectivity index (χ0) is 26.9. The highest BCUT2D eigenvalue weighted by Gasteiger charge is 2.29. The van der Waals surface area contributed by atoms with E-state index in [4.69, 9.17) is 0 Å². The molecule has 0 aliphatic carbocycles. The van der Waals surface area contributed by atoms with Crippen molar-refractivity contribution in [3.63, 3.8) is 0 Å². The topological polar surface area (TPSA) is 52.7 Å². The monoisotopic (exact) mass is 509 g/mol. The van der Waals surface area contributed by atoms with Gasteiger partial charge in [0.1, 0.15) is 0 Å². The summed E-state index contributed by atoms with van der Waals surface area (Å²) in [5.41, 5.74) is 4.06. The Morgan fingerprint density at radius 3 is 2.18 bits per heavy atom. The fourth-order valence-electron chi connectivity index (χ4n) is 4.87. The predicted octanol–water partition coefficient (Wildman–Crippen LogP) is 6.73. The molecule has 0 radical (unpaired) electrons. The molecule has 1 saturated heterocycles. The Hall–Kier alpha value is -3.70. The van der Waals surface area contributed by atoms with E-state index in [1.807, 2.05) is 83.8 Å². The second kappa shape index (κ2) is 13.2. The normalized spacial score (nSPS) is 14.3. The third-order valence-electron chi connectivity index (χ3n) is 7.28. The zero-order valence-corrected chi connectivity index (χ0v) is 22.6. The van der Waals surface area contributed by atoms with Crippen molar-refractivity contribution in [2.45, 2.75) is 45.7 Å². The van der Waals surface area contributed by atoms with Crippen LogP contribution in [-0.4, -0.2) is 47.3 Å². The molecule has 0 aromatic heterocycles. The number of carbonyl (C=O) groups is 2. The van der Waals surface area contributed by atoms with Gasteiger partial charge in [0.25, 0.3) is 11.8 Å². The van der Waals surface area contributed by atoms with Gasteiger partial charge in [-0.25, -0.2) is 0 Å². The van der Waals surface area contributed by atoms with Gasteiger partial charge in [0.2, 0.25) is 0 Å². The average Bonchev–Trinajstić information content (AvgIpc) is 2.95. The zero-order valence-electron chi connectivity index (χ0n) is 22.6. The number of benzene rings is 3. The molecule has 198 valence electrons. The predicted molar refractivity (Wildman–Crippen MR) is 156 cm³/mol. The first-order valence-electron chi connectivity index (χ1n) is 13.6. The summed E-state index contributed by atoms with van der Waals surface area (Å²) >= 11 is 0. The van der Waals surface area contributed by atoms with Crippen molar-refractivity contribution < 1.29 is 9.59 Å². The molecule has 1 fully saturated rings. The molecule has 5 nitrogen and oxygen atoms in total. The summed E-state index contributed by atoms with van der Waals surface area (Å²) in [4.78, 5) is 31.0. The molecule has 38 heavy (non-hydrogen) atoms. The molecule has 0 atom stereocenters. The number of likely N-dealkylation sites (tertiary alicyclic amines) is 1. The van der Waals surface area contributed by atoms with Gasteiger partial charge in [-0.2, -0.15) is 0 Å². The molecule has 2 amide bonds. The maximum Gasteiger partial charge on any atom is 0.255 e. The number of rotatable bonds is 10. The lowest BCUT2D eigenvalue weighted by Crippen LogP contribution is -2.47. The Labute approximate surface area is 227 Å². The number of piperidine rings is 1. The van der Waals surface area contributed by atoms with E-state index in [1.165, 1.54) is 6.42 Å². The molecule has 0 unspecified atom stereocenters. The minimum atomic E-state index is -0.147. The van der Waals surface area contributed by atoms with Gasteiger partial charge in [0.15, 0.2) is 0 Å². The first-order valence-corrected chi connectivity index (χ1v) is 13.6. The third kappa shape index (κ3) is 7.42. The molecule has 4 rings (SSSR count). The van der Waals surface area contributed by atoms with Crippen molar-refractivity contribution in [2.75, 3.05) is 25.0 Å². The van der Waals surface area contributed by atoms with Crippen LogP contribution in [0.5, 0.6) is 0 Å². The Morgan fingerprint density at radius 1 is 0.947 bits per heavy atom. The Kier molecular flexibility index (Phi) is 9.50. The third-order valence-corrected chi connectivity index (χ3v) is 7.28. The van der Waals surface area contributed by atoms with Crippen LogP contribution >= 0.6 is 0 Å². The van der Waals surface area contributed by atoms with Crippen LogP contribution in [0.25, 0.3) is 6.08 Å². The maximum atomic E-state index is 13.7. The molecule has 1 N–H and O–H groups in total. The maximum absolute atomic E-state index is 13.7. The highest BCUT2D eigenvalue weighted by atomic mass is 16.2. The fourth-order valence-corrected chi connectivity index (χ4v) is 4.87. The van der Waals surface area contributed by atoms with Crippen LogP contribution in [0.1, 0.15) is 65.0 Å². The summed E-state index contributed by atoms with van der Waals surface area (Å²) in [5.74, 6) is 0.598. The lowest BCUT2D eigenvalue weighted by Gasteiger charge is -2.39. The molecule has 5 heteroatoms. The second-order valence-corrected chi connectivity index (χ2v) is 10.5. The van der Waals surface area contributed by atoms with Crippen LogP contribution in [0, 0.1) is 5.92 Å². The highest BCUT2D eigenvalue weighted by Crippen LogP contribution is 2.23. The number of para-hydroxylation sites is 1. The Morgan fingerprint density at radius 2 is 1.58 bits per heavy atom. The summed E-state index contributed by atoms with van der Waals surface area (Å²) in [6, 6.07) is 24.9. The molecule has 3 aromatic rings. The van der Waals surface area contributed by atoms with Gasteiger partial charge in [0, 0.05) is 42.5 Å². The van der Waals surface area contributed by atoms with Gasteiger partial charge in [-0.15, -0.1) is 0 Å². The first kappa shape index (κ1) is 27.3. The van der Waals surface area contributed by atoms with Crippen molar-refractivity contribution in [3.8, 4) is 0 Å². The molecule has 1 aliphatic heterocycles. The van der Waals surface area contributed by atoms with Crippen molar-refractivity contribution in [2.24, 2.45) is 5.92 Å². The fraction of sp³-hybridized carbons (Fsp3) is 0.333. The Balaban J connectivity index is 1.47. The van der Waals surface area contributed by atoms with Crippen LogP contribution in [0.15, 0.2) is 85.4 Å². The largest absolute Gasteiger partial charge is 0.331 e. The molecule has 1 aliphatic rings. The van der Waals surface area contributed by atoms with Gasteiger partial charge in [-0.3, -0.25) is 9.59 Å². The highest BCUT2D eigenvalue weighted by molar-refractivity contribution is 6.04. The summed E-state index contributed by atoms with van der Waals surface area (Å²) < 4.78 is 0. The molecule has 0 saturated carbocycles. The van der Waals surface area contributed by atoms with Crippen LogP contribution in [-0.2, 0) is 6.54 Å². The molecule has 0 spiro atoms. The smallest absolute Gasteiger partial charge is 0.255 e. The number of hydrogen-bond donors (Lipinski definition) is 1. The van der Waals surface area contributed by atoms with E-state index in [0.29, 0.717) is 23.6 Å². The molecule has 3 aromatic carbocycles. The SMILES string of the molecule is C=Cc1ccc(C(=O)N(Cc2ccc(C(=O)Nc3ccccc3)cc2)C2CCN(CCC(C)C)CC2)cc1. The van der Waals surface area contributed by atoms with Gasteiger partial charge in [-0.05, 0) is 79.3 Å². The molecular formula is C33H39N3O2. The van der Waals surface area contributed by atoms with Gasteiger partial charge >= 0.3 is 0 Å². The number of nitrogens with one attached hydrogen (secondary N) is 1. The van der Waals surface area contributed by atoms with E-state index in [0.717, 1.165) is 49.3 Å². The summed E-state index contributed by atoms with van der Waals surface area (Å²) in [6.07, 6.45) is 4.92. The quantitative estimate of drug-likeness (QED) is 0.329. The average molecular weight is 510 g/mol. The summed E-state index contributed by atoms with van der Waals surface area (Å²) in [6.45, 7) is 12.0. The lowest BCUT2D eigenvalue weighted by atomic mass is 9.99. The van der Waals surface area contributed by atoms with Crippen molar-refractivity contribution in [3.05, 3.63) is 108 Å². The number of hydrogen-bond acceptors (Lipinski definition) is 3. The van der Waals surface area contributed by atoms with Crippen molar-refractivity contribution in [1.82, 2.24) is 9.80 Å². The number of anilines is 1. The van der Waals surface area contributed by atoms with Crippen LogP contribution < -0.4 is 5.32 Å². The van der Waals surface area contributed by atoms with E-state index in [2.05, 4.69) is 30.6 Å². The lowest BCUT2D eigenvalue weighted by molar-refractivity contribution is 0.0546. The minimum absolute atomic E-state index is 0.0483. The standard InChI is InChI=1S/C33H39N3O2/c1-4-26-10-16-29(17-11-26)33(38)36(31-19-22-35(23-20-31)21-18-25(2)3)24-27-12-14-28(15-13-27)32(37)34-30-8-6-5-7-9-30/h4-17,25,31H,1,18-24H2,2-3H3,(H,34,37). The van der Waals surface area contributed by atoms with Crippen molar-refractivity contribution >= 4 is 23.6 Å². The van der Waals surface area contributed by atoms with Crippen LogP contribution in [0.4, 0.5) is 5.69 Å². The van der Waals surface area contributed by atoms with E-state index >= 15 is 0 Å². The van der Waals surface area contributed by atoms with Crippen molar-refractivity contribution in [1.29, 1.82) is 0 Å². The van der Waals surface area contributed by atoms with E-state index in [1.54, 1.807) is 6.08 Å². The van der Waals surface area contributed by atoms with Crippen LogP contribution in [0.3, 0.4) is 0 Å². The molecule has 0 bridgehead atoms.